The molecule has 0 saturated carbocycles. The van der Waals surface area contributed by atoms with Crippen LogP contribution < -0.4 is 5.32 Å². The Labute approximate surface area is 131 Å². The van der Waals surface area contributed by atoms with E-state index in [2.05, 4.69) is 65.2 Å². The molecule has 0 spiro atoms. The van der Waals surface area contributed by atoms with Gasteiger partial charge in [0.1, 0.15) is 0 Å². The van der Waals surface area contributed by atoms with E-state index in [9.17, 15) is 0 Å². The first-order valence-electron chi connectivity index (χ1n) is 7.34. The Kier molecular flexibility index (Phi) is 9.10. The Morgan fingerprint density at radius 1 is 1.25 bits per heavy atom. The average molecular weight is 343 g/mol. The second-order valence-corrected chi connectivity index (χ2v) is 6.21. The molecule has 114 valence electrons. The Balaban J connectivity index is 2.06. The van der Waals surface area contributed by atoms with Gasteiger partial charge >= 0.3 is 0 Å². The Hall–Kier alpha value is -0.420. The molecule has 4 heteroatoms. The van der Waals surface area contributed by atoms with E-state index in [4.69, 9.17) is 4.74 Å². The molecule has 0 radical (unpaired) electrons. The standard InChI is InChI=1S/C16H27BrN2O/c1-14(2)20-12-6-9-18-10-11-19(3)13-15-7-4-5-8-16(15)17/h4-5,7-8,14,18H,6,9-13H2,1-3H3. The molecule has 0 fully saturated rings. The maximum Gasteiger partial charge on any atom is 0.0518 e. The van der Waals surface area contributed by atoms with Crippen molar-refractivity contribution in [3.8, 4) is 0 Å². The number of rotatable bonds is 10. The van der Waals surface area contributed by atoms with E-state index in [-0.39, 0.29) is 0 Å². The quantitative estimate of drug-likeness (QED) is 0.660. The fourth-order valence-electron chi connectivity index (χ4n) is 1.91. The lowest BCUT2D eigenvalue weighted by Crippen LogP contribution is -2.30. The predicted molar refractivity (Wildman–Crippen MR) is 89.1 cm³/mol. The van der Waals surface area contributed by atoms with Crippen molar-refractivity contribution in [1.29, 1.82) is 0 Å². The normalized spacial score (nSPS) is 11.5. The van der Waals surface area contributed by atoms with Crippen molar-refractivity contribution in [2.24, 2.45) is 0 Å². The summed E-state index contributed by atoms with van der Waals surface area (Å²) in [6, 6.07) is 8.39. The van der Waals surface area contributed by atoms with Crippen LogP contribution in [0.5, 0.6) is 0 Å². The molecule has 20 heavy (non-hydrogen) atoms. The molecule has 0 unspecified atom stereocenters. The van der Waals surface area contributed by atoms with Crippen molar-refractivity contribution < 1.29 is 4.74 Å². The molecule has 1 aromatic carbocycles. The van der Waals surface area contributed by atoms with Crippen LogP contribution in [0, 0.1) is 0 Å². The van der Waals surface area contributed by atoms with Gasteiger partial charge in [-0.05, 0) is 45.5 Å². The minimum Gasteiger partial charge on any atom is -0.379 e. The van der Waals surface area contributed by atoms with Gasteiger partial charge in [0.05, 0.1) is 6.10 Å². The number of halogens is 1. The van der Waals surface area contributed by atoms with Crippen LogP contribution >= 0.6 is 15.9 Å². The van der Waals surface area contributed by atoms with Crippen molar-refractivity contribution in [2.45, 2.75) is 32.9 Å². The number of benzene rings is 1. The van der Waals surface area contributed by atoms with E-state index in [1.54, 1.807) is 0 Å². The molecule has 1 aromatic rings. The highest BCUT2D eigenvalue weighted by Crippen LogP contribution is 2.16. The lowest BCUT2D eigenvalue weighted by Gasteiger charge is -2.18. The summed E-state index contributed by atoms with van der Waals surface area (Å²) in [6.07, 6.45) is 1.41. The summed E-state index contributed by atoms with van der Waals surface area (Å²) in [5.74, 6) is 0. The van der Waals surface area contributed by atoms with Crippen LogP contribution in [0.15, 0.2) is 28.7 Å². The molecule has 1 N–H and O–H groups in total. The number of hydrogen-bond acceptors (Lipinski definition) is 3. The molecular weight excluding hydrogens is 316 g/mol. The highest BCUT2D eigenvalue weighted by molar-refractivity contribution is 9.10. The van der Waals surface area contributed by atoms with Crippen molar-refractivity contribution in [2.75, 3.05) is 33.3 Å². The SMILES string of the molecule is CC(C)OCCCNCCN(C)Cc1ccccc1Br. The summed E-state index contributed by atoms with van der Waals surface area (Å²) in [4.78, 5) is 2.33. The fraction of sp³-hybridized carbons (Fsp3) is 0.625. The second kappa shape index (κ2) is 10.3. The van der Waals surface area contributed by atoms with Crippen molar-refractivity contribution in [3.63, 3.8) is 0 Å². The maximum atomic E-state index is 5.51. The van der Waals surface area contributed by atoms with Crippen LogP contribution in [-0.2, 0) is 11.3 Å². The first-order valence-corrected chi connectivity index (χ1v) is 8.13. The van der Waals surface area contributed by atoms with Gasteiger partial charge in [-0.1, -0.05) is 34.1 Å². The van der Waals surface area contributed by atoms with E-state index in [1.165, 1.54) is 10.0 Å². The lowest BCUT2D eigenvalue weighted by atomic mass is 10.2. The number of nitrogens with one attached hydrogen (secondary N) is 1. The molecular formula is C16H27BrN2O. The fourth-order valence-corrected chi connectivity index (χ4v) is 2.32. The van der Waals surface area contributed by atoms with Crippen molar-refractivity contribution >= 4 is 15.9 Å². The van der Waals surface area contributed by atoms with Crippen LogP contribution in [-0.4, -0.2) is 44.3 Å². The highest BCUT2D eigenvalue weighted by Gasteiger charge is 2.03. The molecule has 0 atom stereocenters. The smallest absolute Gasteiger partial charge is 0.0518 e. The average Bonchev–Trinajstić information content (AvgIpc) is 2.40. The van der Waals surface area contributed by atoms with E-state index < -0.39 is 0 Å². The van der Waals surface area contributed by atoms with E-state index in [0.717, 1.165) is 39.2 Å². The van der Waals surface area contributed by atoms with Crippen molar-refractivity contribution in [3.05, 3.63) is 34.3 Å². The zero-order chi connectivity index (χ0) is 14.8. The Morgan fingerprint density at radius 3 is 2.70 bits per heavy atom. The van der Waals surface area contributed by atoms with Crippen LogP contribution in [0.25, 0.3) is 0 Å². The minimum atomic E-state index is 0.338. The van der Waals surface area contributed by atoms with Crippen LogP contribution in [0.3, 0.4) is 0 Å². The summed E-state index contributed by atoms with van der Waals surface area (Å²) in [7, 11) is 2.16. The van der Waals surface area contributed by atoms with Gasteiger partial charge in [-0.2, -0.15) is 0 Å². The van der Waals surface area contributed by atoms with Gasteiger partial charge in [0, 0.05) is 30.7 Å². The van der Waals surface area contributed by atoms with Gasteiger partial charge in [-0.3, -0.25) is 0 Å². The largest absolute Gasteiger partial charge is 0.379 e. The van der Waals surface area contributed by atoms with Gasteiger partial charge in [0.25, 0.3) is 0 Å². The third kappa shape index (κ3) is 8.00. The number of hydrogen-bond donors (Lipinski definition) is 1. The van der Waals surface area contributed by atoms with Crippen LogP contribution in [0.2, 0.25) is 0 Å². The van der Waals surface area contributed by atoms with Crippen LogP contribution in [0.4, 0.5) is 0 Å². The topological polar surface area (TPSA) is 24.5 Å². The van der Waals surface area contributed by atoms with Gasteiger partial charge in [0.15, 0.2) is 0 Å². The zero-order valence-corrected chi connectivity index (χ0v) is 14.4. The van der Waals surface area contributed by atoms with E-state index >= 15 is 0 Å². The molecule has 0 aliphatic rings. The third-order valence-corrected chi connectivity index (χ3v) is 3.79. The molecule has 0 aromatic heterocycles. The number of ether oxygens (including phenoxy) is 1. The van der Waals surface area contributed by atoms with E-state index in [1.807, 2.05) is 6.07 Å². The van der Waals surface area contributed by atoms with Crippen LogP contribution in [0.1, 0.15) is 25.8 Å². The monoisotopic (exact) mass is 342 g/mol. The summed E-state index contributed by atoms with van der Waals surface area (Å²) < 4.78 is 6.69. The Bertz CT molecular complexity index is 371. The van der Waals surface area contributed by atoms with Gasteiger partial charge in [0.2, 0.25) is 0 Å². The molecule has 0 heterocycles. The van der Waals surface area contributed by atoms with Gasteiger partial charge in [-0.15, -0.1) is 0 Å². The molecule has 3 nitrogen and oxygen atoms in total. The number of likely N-dealkylation sites (N-methyl/N-ethyl adjacent to an activating group) is 1. The van der Waals surface area contributed by atoms with Crippen molar-refractivity contribution in [1.82, 2.24) is 10.2 Å². The Morgan fingerprint density at radius 2 is 2.00 bits per heavy atom. The van der Waals surface area contributed by atoms with Gasteiger partial charge < -0.3 is 15.0 Å². The summed E-state index contributed by atoms with van der Waals surface area (Å²) in [6.45, 7) is 9.05. The number of nitrogens with zero attached hydrogens (tertiary/aromatic N) is 1. The predicted octanol–water partition coefficient (Wildman–Crippen LogP) is 3.29. The minimum absolute atomic E-state index is 0.338. The first kappa shape index (κ1) is 17.6. The summed E-state index contributed by atoms with van der Waals surface area (Å²) in [5.41, 5.74) is 1.33. The second-order valence-electron chi connectivity index (χ2n) is 5.35. The highest BCUT2D eigenvalue weighted by atomic mass is 79.9. The molecule has 0 aliphatic carbocycles. The maximum absolute atomic E-state index is 5.51. The zero-order valence-electron chi connectivity index (χ0n) is 12.9. The van der Waals surface area contributed by atoms with Gasteiger partial charge in [-0.25, -0.2) is 0 Å². The summed E-state index contributed by atoms with van der Waals surface area (Å²) in [5, 5.41) is 3.46. The molecule has 0 bridgehead atoms. The first-order chi connectivity index (χ1) is 9.59. The molecule has 0 aliphatic heterocycles. The van der Waals surface area contributed by atoms with E-state index in [0.29, 0.717) is 6.10 Å². The third-order valence-electron chi connectivity index (χ3n) is 3.02. The molecule has 0 amide bonds. The molecule has 0 saturated heterocycles. The lowest BCUT2D eigenvalue weighted by molar-refractivity contribution is 0.0770. The molecule has 1 rings (SSSR count). The summed E-state index contributed by atoms with van der Waals surface area (Å²) >= 11 is 3.59.